The van der Waals surface area contributed by atoms with Crippen molar-refractivity contribution in [2.45, 2.75) is 20.8 Å². The van der Waals surface area contributed by atoms with Crippen LogP contribution in [0.1, 0.15) is 26.3 Å². The van der Waals surface area contributed by atoms with Crippen LogP contribution in [-0.4, -0.2) is 0 Å². The second kappa shape index (κ2) is 3.90. The lowest BCUT2D eigenvalue weighted by Gasteiger charge is -1.99. The Kier molecular flexibility index (Phi) is 2.59. The highest BCUT2D eigenvalue weighted by Gasteiger charge is 2.10. The van der Waals surface area contributed by atoms with Crippen LogP contribution in [0.2, 0.25) is 0 Å². The zero-order chi connectivity index (χ0) is 10.8. The van der Waals surface area contributed by atoms with Gasteiger partial charge in [-0.3, -0.25) is 0 Å². The first-order valence-corrected chi connectivity index (χ1v) is 5.32. The van der Waals surface area contributed by atoms with Gasteiger partial charge in [-0.05, 0) is 49.1 Å². The van der Waals surface area contributed by atoms with Crippen molar-refractivity contribution in [2.75, 3.05) is 0 Å². The lowest BCUT2D eigenvalue weighted by Crippen LogP contribution is -1.79. The van der Waals surface area contributed by atoms with Gasteiger partial charge in [-0.15, -0.1) is 0 Å². The monoisotopic (exact) mass is 196 g/mol. The highest BCUT2D eigenvalue weighted by atomic mass is 14.1. The van der Waals surface area contributed by atoms with Crippen LogP contribution >= 0.6 is 0 Å². The molecule has 0 saturated heterocycles. The highest BCUT2D eigenvalue weighted by Crippen LogP contribution is 2.31. The van der Waals surface area contributed by atoms with E-state index in [1.54, 1.807) is 0 Å². The number of allylic oxidation sites excluding steroid dienone is 6. The molecule has 1 aromatic carbocycles. The molecule has 0 atom stereocenters. The lowest BCUT2D eigenvalue weighted by atomic mass is 10.1. The molecule has 76 valence electrons. The summed E-state index contributed by atoms with van der Waals surface area (Å²) < 4.78 is 0. The van der Waals surface area contributed by atoms with Crippen LogP contribution < -0.4 is 0 Å². The summed E-state index contributed by atoms with van der Waals surface area (Å²) >= 11 is 0. The van der Waals surface area contributed by atoms with Crippen molar-refractivity contribution in [2.24, 2.45) is 0 Å². The Morgan fingerprint density at radius 3 is 2.13 bits per heavy atom. The van der Waals surface area contributed by atoms with E-state index in [2.05, 4.69) is 63.3 Å². The summed E-state index contributed by atoms with van der Waals surface area (Å²) in [4.78, 5) is 0. The van der Waals surface area contributed by atoms with Gasteiger partial charge in [0.05, 0.1) is 0 Å². The predicted molar refractivity (Wildman–Crippen MR) is 66.6 cm³/mol. The first-order chi connectivity index (χ1) is 7.18. The third-order valence-corrected chi connectivity index (χ3v) is 2.74. The molecular formula is C15H16. The summed E-state index contributed by atoms with van der Waals surface area (Å²) in [6.45, 7) is 6.50. The maximum atomic E-state index is 2.28. The van der Waals surface area contributed by atoms with Crippen molar-refractivity contribution in [3.05, 3.63) is 64.8 Å². The standard InChI is InChI=1S/C15H16/c1-11(2)15-10-14(9-12(15)3)13-7-5-4-6-8-13/h4-10H,1-3H3. The quantitative estimate of drug-likeness (QED) is 0.625. The van der Waals surface area contributed by atoms with E-state index in [0.717, 1.165) is 0 Å². The molecule has 15 heavy (non-hydrogen) atoms. The first kappa shape index (κ1) is 9.97. The molecule has 1 aliphatic rings. The topological polar surface area (TPSA) is 0 Å². The van der Waals surface area contributed by atoms with Gasteiger partial charge < -0.3 is 0 Å². The van der Waals surface area contributed by atoms with Gasteiger partial charge >= 0.3 is 0 Å². The van der Waals surface area contributed by atoms with Crippen LogP contribution in [0.15, 0.2) is 59.2 Å². The molecule has 1 aliphatic carbocycles. The molecule has 0 spiro atoms. The maximum absolute atomic E-state index is 2.28. The van der Waals surface area contributed by atoms with Crippen LogP contribution in [0.3, 0.4) is 0 Å². The molecule has 0 unspecified atom stereocenters. The molecule has 0 saturated carbocycles. The molecule has 2 rings (SSSR count). The molecule has 0 radical (unpaired) electrons. The van der Waals surface area contributed by atoms with Crippen molar-refractivity contribution in [3.63, 3.8) is 0 Å². The summed E-state index contributed by atoms with van der Waals surface area (Å²) in [5.41, 5.74) is 6.76. The van der Waals surface area contributed by atoms with E-state index < -0.39 is 0 Å². The van der Waals surface area contributed by atoms with Crippen LogP contribution in [0, 0.1) is 0 Å². The zero-order valence-electron chi connectivity index (χ0n) is 9.54. The Bertz CT molecular complexity index is 452. The third kappa shape index (κ3) is 1.94. The minimum Gasteiger partial charge on any atom is -0.0689 e. The molecule has 0 bridgehead atoms. The Hall–Kier alpha value is -1.56. The van der Waals surface area contributed by atoms with Crippen molar-refractivity contribution >= 4 is 5.57 Å². The van der Waals surface area contributed by atoms with Gasteiger partial charge in [-0.2, -0.15) is 0 Å². The summed E-state index contributed by atoms with van der Waals surface area (Å²) in [7, 11) is 0. The molecule has 0 amide bonds. The SMILES string of the molecule is CC1=CC(c2ccccc2)=CC1=C(C)C. The van der Waals surface area contributed by atoms with Crippen LogP contribution in [0.25, 0.3) is 5.57 Å². The molecule has 0 nitrogen and oxygen atoms in total. The molecule has 0 heterocycles. The molecule has 1 aromatic rings. The number of rotatable bonds is 1. The fourth-order valence-electron chi connectivity index (χ4n) is 1.96. The van der Waals surface area contributed by atoms with E-state index in [9.17, 15) is 0 Å². The van der Waals surface area contributed by atoms with E-state index in [-0.39, 0.29) is 0 Å². The average Bonchev–Trinajstić information content (AvgIpc) is 2.62. The predicted octanol–water partition coefficient (Wildman–Crippen LogP) is 4.37. The Morgan fingerprint density at radius 2 is 1.60 bits per heavy atom. The Balaban J connectivity index is 2.44. The van der Waals surface area contributed by atoms with E-state index in [1.807, 2.05) is 0 Å². The van der Waals surface area contributed by atoms with Crippen LogP contribution in [0.4, 0.5) is 0 Å². The zero-order valence-corrected chi connectivity index (χ0v) is 9.54. The maximum Gasteiger partial charge on any atom is -0.0175 e. The van der Waals surface area contributed by atoms with Gasteiger partial charge in [-0.25, -0.2) is 0 Å². The van der Waals surface area contributed by atoms with Gasteiger partial charge in [-0.1, -0.05) is 42.0 Å². The summed E-state index contributed by atoms with van der Waals surface area (Å²) in [5, 5.41) is 0. The summed E-state index contributed by atoms with van der Waals surface area (Å²) in [5.74, 6) is 0. The van der Waals surface area contributed by atoms with E-state index in [0.29, 0.717) is 0 Å². The number of benzene rings is 1. The van der Waals surface area contributed by atoms with Crippen LogP contribution in [-0.2, 0) is 0 Å². The van der Waals surface area contributed by atoms with Crippen molar-refractivity contribution in [1.29, 1.82) is 0 Å². The van der Waals surface area contributed by atoms with Gasteiger partial charge in [0, 0.05) is 0 Å². The van der Waals surface area contributed by atoms with Gasteiger partial charge in [0.15, 0.2) is 0 Å². The fraction of sp³-hybridized carbons (Fsp3) is 0.200. The summed E-state index contributed by atoms with van der Waals surface area (Å²) in [6, 6.07) is 10.5. The second-order valence-corrected chi connectivity index (χ2v) is 4.21. The minimum atomic E-state index is 1.30. The average molecular weight is 196 g/mol. The highest BCUT2D eigenvalue weighted by molar-refractivity contribution is 5.83. The van der Waals surface area contributed by atoms with Crippen molar-refractivity contribution in [3.8, 4) is 0 Å². The Morgan fingerprint density at radius 1 is 0.933 bits per heavy atom. The van der Waals surface area contributed by atoms with Gasteiger partial charge in [0.1, 0.15) is 0 Å². The van der Waals surface area contributed by atoms with E-state index in [1.165, 1.54) is 27.9 Å². The molecule has 0 aromatic heterocycles. The van der Waals surface area contributed by atoms with Gasteiger partial charge in [0.2, 0.25) is 0 Å². The van der Waals surface area contributed by atoms with Crippen LogP contribution in [0.5, 0.6) is 0 Å². The smallest absolute Gasteiger partial charge is 0.0175 e. The molecular weight excluding hydrogens is 180 g/mol. The van der Waals surface area contributed by atoms with E-state index in [4.69, 9.17) is 0 Å². The first-order valence-electron chi connectivity index (χ1n) is 5.32. The summed E-state index contributed by atoms with van der Waals surface area (Å²) in [6.07, 6.45) is 4.54. The lowest BCUT2D eigenvalue weighted by molar-refractivity contribution is 1.30. The third-order valence-electron chi connectivity index (χ3n) is 2.74. The number of hydrogen-bond donors (Lipinski definition) is 0. The largest absolute Gasteiger partial charge is 0.0689 e. The van der Waals surface area contributed by atoms with Gasteiger partial charge in [0.25, 0.3) is 0 Å². The molecule has 0 heteroatoms. The number of hydrogen-bond acceptors (Lipinski definition) is 0. The molecule has 0 aliphatic heterocycles. The minimum absolute atomic E-state index is 1.30. The normalized spacial score (nSPS) is 15.0. The second-order valence-electron chi connectivity index (χ2n) is 4.21. The van der Waals surface area contributed by atoms with Crippen molar-refractivity contribution < 1.29 is 0 Å². The Labute approximate surface area is 91.6 Å². The van der Waals surface area contributed by atoms with E-state index >= 15 is 0 Å². The molecule has 0 N–H and O–H groups in total. The fourth-order valence-corrected chi connectivity index (χ4v) is 1.96. The van der Waals surface area contributed by atoms with Crippen molar-refractivity contribution in [1.82, 2.24) is 0 Å². The molecule has 0 fully saturated rings.